The maximum absolute atomic E-state index is 12.5. The highest BCUT2D eigenvalue weighted by atomic mass is 16.6. The van der Waals surface area contributed by atoms with Crippen molar-refractivity contribution in [2.45, 2.75) is 65.4 Å². The zero-order valence-electron chi connectivity index (χ0n) is 17.3. The molecule has 0 bridgehead atoms. The van der Waals surface area contributed by atoms with Gasteiger partial charge in [-0.1, -0.05) is 0 Å². The van der Waals surface area contributed by atoms with Crippen LogP contribution >= 0.6 is 0 Å². The molecule has 2 aromatic heterocycles. The van der Waals surface area contributed by atoms with Gasteiger partial charge in [0.15, 0.2) is 0 Å². The summed E-state index contributed by atoms with van der Waals surface area (Å²) < 4.78 is 12.3. The Balaban J connectivity index is 1.83. The summed E-state index contributed by atoms with van der Waals surface area (Å²) in [6, 6.07) is 2.07. The van der Waals surface area contributed by atoms with E-state index in [4.69, 9.17) is 9.47 Å². The topological polar surface area (TPSA) is 81.9 Å². The highest BCUT2D eigenvalue weighted by Crippen LogP contribution is 2.39. The molecule has 3 rings (SSSR count). The van der Waals surface area contributed by atoms with Crippen LogP contribution in [-0.4, -0.2) is 40.4 Å². The van der Waals surface area contributed by atoms with E-state index >= 15 is 0 Å². The quantitative estimate of drug-likeness (QED) is 0.790. The molecule has 7 nitrogen and oxygen atoms in total. The van der Waals surface area contributed by atoms with E-state index in [1.54, 1.807) is 11.4 Å². The number of hydrogen-bond acceptors (Lipinski definition) is 5. The van der Waals surface area contributed by atoms with Crippen LogP contribution in [0.1, 0.15) is 73.6 Å². The van der Waals surface area contributed by atoms with Crippen LogP contribution < -0.4 is 5.32 Å². The molecule has 2 heterocycles. The van der Waals surface area contributed by atoms with E-state index in [0.29, 0.717) is 24.4 Å². The Kier molecular flexibility index (Phi) is 5.63. The smallest absolute Gasteiger partial charge is 0.407 e. The van der Waals surface area contributed by atoms with Crippen molar-refractivity contribution in [3.8, 4) is 0 Å². The lowest BCUT2D eigenvalue weighted by Crippen LogP contribution is -2.33. The molecule has 1 aliphatic rings. The van der Waals surface area contributed by atoms with Gasteiger partial charge in [-0.15, -0.1) is 0 Å². The maximum Gasteiger partial charge on any atom is 0.407 e. The van der Waals surface area contributed by atoms with Gasteiger partial charge in [-0.05, 0) is 77.0 Å². The molecule has 1 atom stereocenters. The zero-order valence-corrected chi connectivity index (χ0v) is 17.3. The van der Waals surface area contributed by atoms with E-state index in [1.807, 2.05) is 33.9 Å². The molecule has 7 heteroatoms. The second-order valence-electron chi connectivity index (χ2n) is 8.18. The van der Waals surface area contributed by atoms with E-state index in [9.17, 15) is 9.59 Å². The van der Waals surface area contributed by atoms with E-state index in [1.165, 1.54) is 5.56 Å². The number of nitrogens with one attached hydrogen (secondary N) is 1. The van der Waals surface area contributed by atoms with Gasteiger partial charge in [0, 0.05) is 12.7 Å². The molecule has 152 valence electrons. The fraction of sp³-hybridized carbons (Fsp3) is 0.571. The summed E-state index contributed by atoms with van der Waals surface area (Å²) >= 11 is 0. The van der Waals surface area contributed by atoms with Crippen LogP contribution in [0.2, 0.25) is 0 Å². The number of esters is 1. The van der Waals surface area contributed by atoms with Crippen LogP contribution in [0.5, 0.6) is 0 Å². The lowest BCUT2D eigenvalue weighted by atomic mass is 9.95. The Morgan fingerprint density at radius 3 is 2.79 bits per heavy atom. The number of amides is 1. The highest BCUT2D eigenvalue weighted by molar-refractivity contribution is 5.99. The minimum Gasteiger partial charge on any atom is -0.462 e. The van der Waals surface area contributed by atoms with Crippen LogP contribution in [0.25, 0.3) is 5.52 Å². The Morgan fingerprint density at radius 1 is 1.36 bits per heavy atom. The van der Waals surface area contributed by atoms with Crippen molar-refractivity contribution in [1.29, 1.82) is 0 Å². The summed E-state index contributed by atoms with van der Waals surface area (Å²) in [4.78, 5) is 24.4. The first-order chi connectivity index (χ1) is 13.2. The van der Waals surface area contributed by atoms with Crippen molar-refractivity contribution in [1.82, 2.24) is 14.9 Å². The van der Waals surface area contributed by atoms with Gasteiger partial charge in [0.05, 0.1) is 17.8 Å². The number of ether oxygens (including phenoxy) is 2. The van der Waals surface area contributed by atoms with Gasteiger partial charge < -0.3 is 14.8 Å². The Bertz CT molecular complexity index is 895. The van der Waals surface area contributed by atoms with Crippen LogP contribution in [0.15, 0.2) is 12.3 Å². The van der Waals surface area contributed by atoms with Crippen LogP contribution in [0.4, 0.5) is 4.79 Å². The van der Waals surface area contributed by atoms with Crippen molar-refractivity contribution < 1.29 is 19.1 Å². The van der Waals surface area contributed by atoms with E-state index in [2.05, 4.69) is 16.5 Å². The molecule has 0 fully saturated rings. The molecule has 0 saturated carbocycles. The monoisotopic (exact) mass is 387 g/mol. The number of nitrogens with zero attached hydrogens (tertiary/aromatic N) is 2. The Morgan fingerprint density at radius 2 is 2.11 bits per heavy atom. The van der Waals surface area contributed by atoms with Crippen molar-refractivity contribution in [2.24, 2.45) is 0 Å². The van der Waals surface area contributed by atoms with Gasteiger partial charge in [0.2, 0.25) is 0 Å². The molecule has 0 radical (unpaired) electrons. The minimum absolute atomic E-state index is 0.248. The summed E-state index contributed by atoms with van der Waals surface area (Å²) in [5.41, 5.74) is 3.93. The largest absolute Gasteiger partial charge is 0.462 e. The first-order valence-corrected chi connectivity index (χ1v) is 9.86. The van der Waals surface area contributed by atoms with Gasteiger partial charge >= 0.3 is 12.1 Å². The van der Waals surface area contributed by atoms with Gasteiger partial charge in [-0.2, -0.15) is 5.10 Å². The van der Waals surface area contributed by atoms with Gasteiger partial charge in [-0.3, -0.25) is 0 Å². The molecular weight excluding hydrogens is 358 g/mol. The highest BCUT2D eigenvalue weighted by Gasteiger charge is 2.30. The summed E-state index contributed by atoms with van der Waals surface area (Å²) in [6.45, 7) is 10.0. The third kappa shape index (κ3) is 4.13. The van der Waals surface area contributed by atoms with Crippen molar-refractivity contribution >= 4 is 17.6 Å². The normalized spacial score (nSPS) is 16.1. The fourth-order valence-electron chi connectivity index (χ4n) is 3.86. The van der Waals surface area contributed by atoms with Crippen molar-refractivity contribution in [3.63, 3.8) is 0 Å². The second-order valence-corrected chi connectivity index (χ2v) is 8.18. The van der Waals surface area contributed by atoms with E-state index < -0.39 is 11.7 Å². The molecule has 2 aromatic rings. The van der Waals surface area contributed by atoms with Gasteiger partial charge in [-0.25, -0.2) is 14.1 Å². The predicted molar refractivity (Wildman–Crippen MR) is 106 cm³/mol. The number of aryl methyl sites for hydroxylation is 2. The molecule has 1 N–H and O–H groups in total. The molecule has 0 aliphatic heterocycles. The minimum atomic E-state index is -0.514. The average Bonchev–Trinajstić information content (AvgIpc) is 3.13. The lowest BCUT2D eigenvalue weighted by molar-refractivity contribution is 0.0517. The number of carbonyl (C=O) groups excluding carboxylic acids is 2. The van der Waals surface area contributed by atoms with Gasteiger partial charge in [0.25, 0.3) is 0 Å². The third-order valence-corrected chi connectivity index (χ3v) is 4.91. The molecule has 1 aliphatic carbocycles. The molecular formula is C21H29N3O4. The Labute approximate surface area is 165 Å². The number of fused-ring (bicyclic) bond motifs is 3. The van der Waals surface area contributed by atoms with Crippen LogP contribution in [0, 0.1) is 6.92 Å². The Hall–Kier alpha value is -2.57. The number of aromatic nitrogens is 2. The molecule has 0 unspecified atom stereocenters. The molecule has 1 amide bonds. The number of alkyl carbamates (subject to hydrolysis) is 1. The number of rotatable bonds is 5. The number of carbonyl (C=O) groups is 2. The average molecular weight is 387 g/mol. The molecule has 0 aromatic carbocycles. The third-order valence-electron chi connectivity index (χ3n) is 4.91. The van der Waals surface area contributed by atoms with Crippen molar-refractivity contribution in [2.75, 3.05) is 13.2 Å². The summed E-state index contributed by atoms with van der Waals surface area (Å²) in [7, 11) is 0. The second kappa shape index (κ2) is 7.81. The fourth-order valence-corrected chi connectivity index (χ4v) is 3.86. The van der Waals surface area contributed by atoms with Crippen LogP contribution in [-0.2, 0) is 15.9 Å². The number of pyridine rings is 1. The molecule has 0 spiro atoms. The lowest BCUT2D eigenvalue weighted by Gasteiger charge is -2.20. The van der Waals surface area contributed by atoms with E-state index in [-0.39, 0.29) is 11.9 Å². The predicted octanol–water partition coefficient (Wildman–Crippen LogP) is 3.76. The maximum atomic E-state index is 12.5. The molecule has 28 heavy (non-hydrogen) atoms. The van der Waals surface area contributed by atoms with Gasteiger partial charge in [0.1, 0.15) is 11.2 Å². The first kappa shape index (κ1) is 20.2. The van der Waals surface area contributed by atoms with Crippen molar-refractivity contribution in [3.05, 3.63) is 34.6 Å². The summed E-state index contributed by atoms with van der Waals surface area (Å²) in [5.74, 6) is -0.0844. The first-order valence-electron chi connectivity index (χ1n) is 9.86. The van der Waals surface area contributed by atoms with E-state index in [0.717, 1.165) is 30.3 Å². The number of hydrogen-bond donors (Lipinski definition) is 1. The summed E-state index contributed by atoms with van der Waals surface area (Å²) in [6.07, 6.45) is 4.22. The zero-order chi connectivity index (χ0) is 20.5. The SMILES string of the molecule is CCOC(=O)c1c(C)nn2ccc3c(c12)[C@@H](CCNC(=O)OC(C)(C)C)CC3. The van der Waals surface area contributed by atoms with Crippen LogP contribution in [0.3, 0.4) is 0 Å². The summed E-state index contributed by atoms with van der Waals surface area (Å²) in [5, 5.41) is 7.34. The molecule has 0 saturated heterocycles. The standard InChI is InChI=1S/C21H29N3O4/c1-6-27-19(25)16-13(2)23-24-12-10-15-8-7-14(17(15)18(16)24)9-11-22-20(26)28-21(3,4)5/h10,12,14H,6-9,11H2,1-5H3,(H,22,26)/t14-/m1/s1.